The zero-order valence-corrected chi connectivity index (χ0v) is 16.4. The monoisotopic (exact) mass is 385 g/mol. The third kappa shape index (κ3) is 4.51. The quantitative estimate of drug-likeness (QED) is 0.777. The smallest absolute Gasteiger partial charge is 0.251 e. The maximum Gasteiger partial charge on any atom is 0.251 e. The first-order chi connectivity index (χ1) is 13.0. The molecule has 0 unspecified atom stereocenters. The highest BCUT2D eigenvalue weighted by Crippen LogP contribution is 2.33. The van der Waals surface area contributed by atoms with E-state index < -0.39 is 0 Å². The third-order valence-electron chi connectivity index (χ3n) is 4.89. The minimum atomic E-state index is -0.0829. The number of pyridine rings is 1. The standard InChI is InChI=1S/C22H24ClNO3/c1-3-15-6-9-20(24-22(15)26)18(12-14-5-8-17(25)11-14)16-7-10-21(27-4-2)19(23)13-16/h6-7,9-10,12-14H,3-5,8,11H2,1-2H3,(H,24,26)/t14-/m0/s1. The number of rotatable bonds is 6. The first kappa shape index (κ1) is 19.4. The Morgan fingerprint density at radius 2 is 2.07 bits per heavy atom. The molecule has 0 amide bonds. The number of H-pyrrole nitrogens is 1. The minimum absolute atomic E-state index is 0.0829. The molecule has 0 bridgehead atoms. The Balaban J connectivity index is 2.06. The summed E-state index contributed by atoms with van der Waals surface area (Å²) in [5, 5.41) is 0.523. The Kier molecular flexibility index (Phi) is 6.17. The van der Waals surface area contributed by atoms with E-state index in [-0.39, 0.29) is 17.3 Å². The Morgan fingerprint density at radius 1 is 1.26 bits per heavy atom. The number of aryl methyl sites for hydroxylation is 1. The third-order valence-corrected chi connectivity index (χ3v) is 5.19. The number of carbonyl (C=O) groups excluding carboxylic acids is 1. The van der Waals surface area contributed by atoms with Gasteiger partial charge in [-0.15, -0.1) is 0 Å². The molecule has 2 aromatic rings. The number of allylic oxidation sites excluding steroid dienone is 1. The van der Waals surface area contributed by atoms with E-state index in [0.29, 0.717) is 36.6 Å². The fraction of sp³-hybridized carbons (Fsp3) is 0.364. The summed E-state index contributed by atoms with van der Waals surface area (Å²) in [6, 6.07) is 9.41. The lowest BCUT2D eigenvalue weighted by atomic mass is 9.95. The second-order valence-corrected chi connectivity index (χ2v) is 7.19. The van der Waals surface area contributed by atoms with Gasteiger partial charge in [-0.1, -0.05) is 36.7 Å². The topological polar surface area (TPSA) is 59.2 Å². The summed E-state index contributed by atoms with van der Waals surface area (Å²) in [4.78, 5) is 27.0. The summed E-state index contributed by atoms with van der Waals surface area (Å²) in [5.41, 5.74) is 3.18. The molecule has 1 heterocycles. The lowest BCUT2D eigenvalue weighted by Gasteiger charge is -2.14. The van der Waals surface area contributed by atoms with E-state index in [1.165, 1.54) is 0 Å². The van der Waals surface area contributed by atoms with Crippen LogP contribution in [0.3, 0.4) is 0 Å². The van der Waals surface area contributed by atoms with Crippen molar-refractivity contribution < 1.29 is 9.53 Å². The van der Waals surface area contributed by atoms with Gasteiger partial charge >= 0.3 is 0 Å². The summed E-state index contributed by atoms with van der Waals surface area (Å²) in [5.74, 6) is 1.09. The molecule has 3 rings (SSSR count). The number of Topliss-reactive ketones (excluding diaryl/α,β-unsaturated/α-hetero) is 1. The van der Waals surface area contributed by atoms with Gasteiger partial charge < -0.3 is 9.72 Å². The zero-order valence-electron chi connectivity index (χ0n) is 15.7. The van der Waals surface area contributed by atoms with Crippen molar-refractivity contribution in [2.24, 2.45) is 5.92 Å². The number of ketones is 1. The summed E-state index contributed by atoms with van der Waals surface area (Å²) in [7, 11) is 0. The molecule has 0 saturated heterocycles. The molecular formula is C22H24ClNO3. The van der Waals surface area contributed by atoms with Gasteiger partial charge in [-0.2, -0.15) is 0 Å². The average Bonchev–Trinajstić information content (AvgIpc) is 3.06. The fourth-order valence-electron chi connectivity index (χ4n) is 3.44. The summed E-state index contributed by atoms with van der Waals surface area (Å²) >= 11 is 6.38. The van der Waals surface area contributed by atoms with E-state index >= 15 is 0 Å². The predicted octanol–water partition coefficient (Wildman–Crippen LogP) is 4.79. The molecule has 5 heteroatoms. The molecule has 142 valence electrons. The van der Waals surface area contributed by atoms with Gasteiger partial charge in [0, 0.05) is 29.7 Å². The van der Waals surface area contributed by atoms with Crippen LogP contribution in [0, 0.1) is 5.92 Å². The van der Waals surface area contributed by atoms with Gasteiger partial charge in [-0.05, 0) is 49.4 Å². The van der Waals surface area contributed by atoms with Crippen LogP contribution < -0.4 is 10.3 Å². The number of aromatic amines is 1. The highest BCUT2D eigenvalue weighted by molar-refractivity contribution is 6.32. The van der Waals surface area contributed by atoms with Crippen LogP contribution in [0.15, 0.2) is 41.2 Å². The molecule has 1 fully saturated rings. The van der Waals surface area contributed by atoms with Crippen molar-refractivity contribution >= 4 is 23.0 Å². The second kappa shape index (κ2) is 8.57. The highest BCUT2D eigenvalue weighted by atomic mass is 35.5. The number of aromatic nitrogens is 1. The van der Waals surface area contributed by atoms with Crippen LogP contribution in [0.25, 0.3) is 5.57 Å². The first-order valence-corrected chi connectivity index (χ1v) is 9.78. The molecule has 0 aliphatic heterocycles. The Morgan fingerprint density at radius 3 is 2.67 bits per heavy atom. The number of halogens is 1. The molecular weight excluding hydrogens is 362 g/mol. The van der Waals surface area contributed by atoms with E-state index in [4.69, 9.17) is 16.3 Å². The molecule has 4 nitrogen and oxygen atoms in total. The van der Waals surface area contributed by atoms with Crippen molar-refractivity contribution in [3.05, 3.63) is 68.6 Å². The molecule has 1 aliphatic rings. The number of carbonyl (C=O) groups is 1. The maximum atomic E-state index is 12.3. The first-order valence-electron chi connectivity index (χ1n) is 9.40. The Labute approximate surface area is 164 Å². The summed E-state index contributed by atoms with van der Waals surface area (Å²) in [6.45, 7) is 4.40. The fourth-order valence-corrected chi connectivity index (χ4v) is 3.68. The lowest BCUT2D eigenvalue weighted by Crippen LogP contribution is -2.13. The SMILES string of the molecule is CCOc1ccc(C(=C[C@H]2CCC(=O)C2)c2ccc(CC)c(=O)[nH]2)cc1Cl. The second-order valence-electron chi connectivity index (χ2n) is 6.78. The van der Waals surface area contributed by atoms with Crippen LogP contribution in [0.1, 0.15) is 49.9 Å². The zero-order chi connectivity index (χ0) is 19.4. The van der Waals surface area contributed by atoms with Gasteiger partial charge in [0.1, 0.15) is 11.5 Å². The number of hydrogen-bond acceptors (Lipinski definition) is 3. The van der Waals surface area contributed by atoms with Gasteiger partial charge in [-0.25, -0.2) is 0 Å². The van der Waals surface area contributed by atoms with E-state index in [9.17, 15) is 9.59 Å². The van der Waals surface area contributed by atoms with E-state index in [1.54, 1.807) is 0 Å². The molecule has 1 N–H and O–H groups in total. The van der Waals surface area contributed by atoms with Crippen LogP contribution in [0.4, 0.5) is 0 Å². The van der Waals surface area contributed by atoms with Crippen molar-refractivity contribution in [3.63, 3.8) is 0 Å². The van der Waals surface area contributed by atoms with E-state index in [2.05, 4.69) is 11.1 Å². The lowest BCUT2D eigenvalue weighted by molar-refractivity contribution is -0.117. The number of hydrogen-bond donors (Lipinski definition) is 1. The normalized spacial score (nSPS) is 17.4. The average molecular weight is 386 g/mol. The molecule has 0 spiro atoms. The van der Waals surface area contributed by atoms with E-state index in [1.807, 2.05) is 44.2 Å². The van der Waals surface area contributed by atoms with Crippen molar-refractivity contribution in [3.8, 4) is 5.75 Å². The van der Waals surface area contributed by atoms with Crippen LogP contribution in [-0.4, -0.2) is 17.4 Å². The van der Waals surface area contributed by atoms with Gasteiger partial charge in [0.2, 0.25) is 0 Å². The maximum absolute atomic E-state index is 12.3. The van der Waals surface area contributed by atoms with Crippen LogP contribution >= 0.6 is 11.6 Å². The molecule has 1 atom stereocenters. The molecule has 1 aromatic heterocycles. The molecule has 1 saturated carbocycles. The predicted molar refractivity (Wildman–Crippen MR) is 108 cm³/mol. The van der Waals surface area contributed by atoms with Gasteiger partial charge in [0.15, 0.2) is 0 Å². The van der Waals surface area contributed by atoms with Gasteiger partial charge in [0.05, 0.1) is 11.6 Å². The van der Waals surface area contributed by atoms with Crippen LogP contribution in [0.5, 0.6) is 5.75 Å². The van der Waals surface area contributed by atoms with Gasteiger partial charge in [0.25, 0.3) is 5.56 Å². The van der Waals surface area contributed by atoms with Crippen LogP contribution in [-0.2, 0) is 11.2 Å². The highest BCUT2D eigenvalue weighted by Gasteiger charge is 2.22. The number of ether oxygens (including phenoxy) is 1. The molecule has 1 aliphatic carbocycles. The van der Waals surface area contributed by atoms with Crippen LogP contribution in [0.2, 0.25) is 5.02 Å². The molecule has 27 heavy (non-hydrogen) atoms. The molecule has 1 aromatic carbocycles. The minimum Gasteiger partial charge on any atom is -0.492 e. The van der Waals surface area contributed by atoms with Crippen molar-refractivity contribution in [2.75, 3.05) is 6.61 Å². The van der Waals surface area contributed by atoms with Crippen molar-refractivity contribution in [1.29, 1.82) is 0 Å². The summed E-state index contributed by atoms with van der Waals surface area (Å²) < 4.78 is 5.52. The largest absolute Gasteiger partial charge is 0.492 e. The molecule has 0 radical (unpaired) electrons. The van der Waals surface area contributed by atoms with Crippen molar-refractivity contribution in [2.45, 2.75) is 39.5 Å². The van der Waals surface area contributed by atoms with Crippen molar-refractivity contribution in [1.82, 2.24) is 4.98 Å². The number of nitrogens with one attached hydrogen (secondary N) is 1. The number of benzene rings is 1. The van der Waals surface area contributed by atoms with Gasteiger partial charge in [-0.3, -0.25) is 9.59 Å². The van der Waals surface area contributed by atoms with E-state index in [0.717, 1.165) is 28.8 Å². The Bertz CT molecular complexity index is 929. The Hall–Kier alpha value is -2.33. The summed E-state index contributed by atoms with van der Waals surface area (Å²) in [6.07, 6.45) is 4.77.